The number of carbonyl (C=O) groups excluding carboxylic acids is 1. The number of aliphatic hydroxyl groups is 1. The molecule has 0 saturated carbocycles. The number of nitro benzene ring substituents is 1. The van der Waals surface area contributed by atoms with Crippen molar-refractivity contribution >= 4 is 23.1 Å². The van der Waals surface area contributed by atoms with Gasteiger partial charge in [0.1, 0.15) is 11.0 Å². The molecule has 0 amide bonds. The zero-order valence-corrected chi connectivity index (χ0v) is 14.7. The second-order valence-electron chi connectivity index (χ2n) is 7.05. The molecule has 5 nitrogen and oxygen atoms in total. The first-order chi connectivity index (χ1) is 11.7. The van der Waals surface area contributed by atoms with Crippen LogP contribution in [0.2, 0.25) is 0 Å². The van der Waals surface area contributed by atoms with E-state index in [-0.39, 0.29) is 17.9 Å². The minimum absolute atomic E-state index is 0.0831. The van der Waals surface area contributed by atoms with E-state index in [1.54, 1.807) is 12.1 Å². The van der Waals surface area contributed by atoms with Gasteiger partial charge in [-0.05, 0) is 35.1 Å². The van der Waals surface area contributed by atoms with Crippen LogP contribution in [0.5, 0.6) is 0 Å². The lowest BCUT2D eigenvalue weighted by molar-refractivity contribution is -0.384. The van der Waals surface area contributed by atoms with Crippen LogP contribution in [-0.2, 0) is 5.41 Å². The number of carbonyl (C=O) groups is 1. The molecule has 0 saturated heterocycles. The summed E-state index contributed by atoms with van der Waals surface area (Å²) in [7, 11) is 0. The number of Topliss-reactive ketones (excluding diaryl/α,β-unsaturated/α-hetero) is 1. The van der Waals surface area contributed by atoms with Crippen LogP contribution < -0.4 is 0 Å². The van der Waals surface area contributed by atoms with Crippen LogP contribution in [-0.4, -0.2) is 20.7 Å². The van der Waals surface area contributed by atoms with Gasteiger partial charge < -0.3 is 5.11 Å². The molecule has 0 radical (unpaired) electrons. The van der Waals surface area contributed by atoms with Crippen molar-refractivity contribution in [2.24, 2.45) is 0 Å². The van der Waals surface area contributed by atoms with Crippen molar-refractivity contribution in [3.63, 3.8) is 0 Å². The minimum atomic E-state index is -1.52. The molecule has 2 aromatic carbocycles. The smallest absolute Gasteiger partial charge is 0.269 e. The van der Waals surface area contributed by atoms with Gasteiger partial charge in [0.15, 0.2) is 5.78 Å². The third-order valence-corrected chi connectivity index (χ3v) is 5.34. The Morgan fingerprint density at radius 2 is 1.76 bits per heavy atom. The summed E-state index contributed by atoms with van der Waals surface area (Å²) < 4.78 is 0. The zero-order chi connectivity index (χ0) is 18.4. The molecule has 1 N–H and O–H groups in total. The van der Waals surface area contributed by atoms with Crippen molar-refractivity contribution in [2.45, 2.75) is 36.7 Å². The quantitative estimate of drug-likeness (QED) is 0.506. The Labute approximate surface area is 150 Å². The molecular weight excluding hydrogens is 342 g/mol. The van der Waals surface area contributed by atoms with E-state index in [0.717, 1.165) is 5.56 Å². The summed E-state index contributed by atoms with van der Waals surface area (Å²) >= 11 is 6.69. The Morgan fingerprint density at radius 1 is 1.16 bits per heavy atom. The van der Waals surface area contributed by atoms with Gasteiger partial charge in [-0.3, -0.25) is 14.9 Å². The standard InChI is InChI=1S/C19H18ClNO4/c1-18(2)11-19(20,17(23)14-5-3-4-6-15(14)18)16(22)12-7-9-13(10-8-12)21(24)25/h3-10,16,22H,11H2,1-2H3. The van der Waals surface area contributed by atoms with Crippen molar-refractivity contribution in [3.05, 3.63) is 75.3 Å². The molecule has 0 fully saturated rings. The molecule has 0 bridgehead atoms. The lowest BCUT2D eigenvalue weighted by Gasteiger charge is -2.43. The number of halogens is 1. The maximum absolute atomic E-state index is 13.0. The fraction of sp³-hybridized carbons (Fsp3) is 0.316. The van der Waals surface area contributed by atoms with Crippen LogP contribution in [0.4, 0.5) is 5.69 Å². The van der Waals surface area contributed by atoms with E-state index in [1.165, 1.54) is 24.3 Å². The van der Waals surface area contributed by atoms with Gasteiger partial charge in [-0.2, -0.15) is 0 Å². The number of non-ortho nitro benzene ring substituents is 1. The lowest BCUT2D eigenvalue weighted by Crippen LogP contribution is -2.48. The molecule has 6 heteroatoms. The fourth-order valence-electron chi connectivity index (χ4n) is 3.58. The Balaban J connectivity index is 2.03. The molecule has 1 aliphatic carbocycles. The predicted octanol–water partition coefficient (Wildman–Crippen LogP) is 4.17. The van der Waals surface area contributed by atoms with Crippen LogP contribution in [0, 0.1) is 10.1 Å². The number of hydrogen-bond donors (Lipinski definition) is 1. The number of nitrogens with zero attached hydrogens (tertiary/aromatic N) is 1. The van der Waals surface area contributed by atoms with Crippen LogP contribution in [0.15, 0.2) is 48.5 Å². The van der Waals surface area contributed by atoms with E-state index in [0.29, 0.717) is 11.1 Å². The van der Waals surface area contributed by atoms with Crippen LogP contribution >= 0.6 is 11.6 Å². The third-order valence-electron chi connectivity index (χ3n) is 4.83. The fourth-order valence-corrected chi connectivity index (χ4v) is 4.14. The maximum atomic E-state index is 13.0. The van der Waals surface area contributed by atoms with Crippen molar-refractivity contribution in [3.8, 4) is 0 Å². The molecule has 2 aromatic rings. The summed E-state index contributed by atoms with van der Waals surface area (Å²) in [6, 6.07) is 12.7. The Bertz CT molecular complexity index is 847. The molecule has 0 heterocycles. The zero-order valence-electron chi connectivity index (χ0n) is 13.9. The summed E-state index contributed by atoms with van der Waals surface area (Å²) in [5.41, 5.74) is 1.32. The molecule has 130 valence electrons. The molecule has 2 unspecified atom stereocenters. The maximum Gasteiger partial charge on any atom is 0.269 e. The topological polar surface area (TPSA) is 80.4 Å². The Morgan fingerprint density at radius 3 is 2.36 bits per heavy atom. The summed E-state index contributed by atoms with van der Waals surface area (Å²) in [6.45, 7) is 3.97. The number of rotatable bonds is 3. The second-order valence-corrected chi connectivity index (χ2v) is 7.72. The van der Waals surface area contributed by atoms with Gasteiger partial charge in [0.05, 0.1) is 4.92 Å². The van der Waals surface area contributed by atoms with E-state index in [1.807, 2.05) is 26.0 Å². The average molecular weight is 360 g/mol. The molecule has 2 atom stereocenters. The molecule has 0 aromatic heterocycles. The van der Waals surface area contributed by atoms with Gasteiger partial charge in [-0.1, -0.05) is 38.1 Å². The first kappa shape index (κ1) is 17.6. The highest BCUT2D eigenvalue weighted by molar-refractivity contribution is 6.39. The highest BCUT2D eigenvalue weighted by atomic mass is 35.5. The van der Waals surface area contributed by atoms with Crippen molar-refractivity contribution in [1.29, 1.82) is 0 Å². The number of benzene rings is 2. The highest BCUT2D eigenvalue weighted by Crippen LogP contribution is 2.49. The van der Waals surface area contributed by atoms with Crippen molar-refractivity contribution < 1.29 is 14.8 Å². The summed E-state index contributed by atoms with van der Waals surface area (Å²) in [5.74, 6) is -0.324. The SMILES string of the molecule is CC1(C)CC(Cl)(C(O)c2ccc([N+](=O)[O-])cc2)C(=O)c2ccccc21. The second kappa shape index (κ2) is 5.93. The highest BCUT2D eigenvalue weighted by Gasteiger charge is 2.52. The molecule has 3 rings (SSSR count). The number of aliphatic hydroxyl groups excluding tert-OH is 1. The van der Waals surface area contributed by atoms with Gasteiger partial charge in [0.2, 0.25) is 0 Å². The number of hydrogen-bond acceptors (Lipinski definition) is 4. The van der Waals surface area contributed by atoms with Crippen LogP contribution in [0.25, 0.3) is 0 Å². The molecule has 25 heavy (non-hydrogen) atoms. The van der Waals surface area contributed by atoms with E-state index < -0.39 is 21.3 Å². The number of nitro groups is 1. The normalized spacial score (nSPS) is 23.0. The summed E-state index contributed by atoms with van der Waals surface area (Å²) in [6.07, 6.45) is -1.01. The monoisotopic (exact) mass is 359 g/mol. The molecule has 1 aliphatic rings. The van der Waals surface area contributed by atoms with E-state index >= 15 is 0 Å². The number of ketones is 1. The van der Waals surface area contributed by atoms with E-state index in [4.69, 9.17) is 11.6 Å². The van der Waals surface area contributed by atoms with Gasteiger partial charge in [0.25, 0.3) is 5.69 Å². The minimum Gasteiger partial charge on any atom is -0.386 e. The van der Waals surface area contributed by atoms with Crippen LogP contribution in [0.3, 0.4) is 0 Å². The largest absolute Gasteiger partial charge is 0.386 e. The van der Waals surface area contributed by atoms with Crippen LogP contribution in [0.1, 0.15) is 47.9 Å². The van der Waals surface area contributed by atoms with Crippen molar-refractivity contribution in [1.82, 2.24) is 0 Å². The lowest BCUT2D eigenvalue weighted by atomic mass is 9.65. The predicted molar refractivity (Wildman–Crippen MR) is 95.1 cm³/mol. The average Bonchev–Trinajstić information content (AvgIpc) is 2.59. The number of alkyl halides is 1. The van der Waals surface area contributed by atoms with Crippen molar-refractivity contribution in [2.75, 3.05) is 0 Å². The molecular formula is C19H18ClNO4. The molecule has 0 aliphatic heterocycles. The van der Waals surface area contributed by atoms with E-state index in [9.17, 15) is 20.0 Å². The van der Waals surface area contributed by atoms with Gasteiger partial charge >= 0.3 is 0 Å². The first-order valence-electron chi connectivity index (χ1n) is 7.92. The van der Waals surface area contributed by atoms with E-state index in [2.05, 4.69) is 0 Å². The third kappa shape index (κ3) is 2.83. The molecule has 0 spiro atoms. The summed E-state index contributed by atoms with van der Waals surface area (Å²) in [4.78, 5) is 21.8. The summed E-state index contributed by atoms with van der Waals surface area (Å²) in [5, 5.41) is 21.6. The Kier molecular flexibility index (Phi) is 4.17. The first-order valence-corrected chi connectivity index (χ1v) is 8.30. The number of fused-ring (bicyclic) bond motifs is 1. The van der Waals surface area contributed by atoms with Gasteiger partial charge in [0, 0.05) is 17.7 Å². The Hall–Kier alpha value is -2.24. The van der Waals surface area contributed by atoms with Gasteiger partial charge in [-0.25, -0.2) is 0 Å². The van der Waals surface area contributed by atoms with Gasteiger partial charge in [-0.15, -0.1) is 11.6 Å².